The van der Waals surface area contributed by atoms with Gasteiger partial charge < -0.3 is 5.11 Å². The molecule has 1 N–H and O–H groups in total. The molecule has 7 aliphatic rings. The molecule has 1 nitrogen and oxygen atoms in total. The molecule has 8 bridgehead atoms. The highest BCUT2D eigenvalue weighted by molar-refractivity contribution is 6.16. The molecule has 0 heterocycles. The first-order chi connectivity index (χ1) is 8.31. The summed E-state index contributed by atoms with van der Waals surface area (Å²) in [5.74, 6) is 9.74. The average molecular weight is 255 g/mol. The number of halogens is 1. The zero-order valence-electron chi connectivity index (χ0n) is 10.4. The highest BCUT2D eigenvalue weighted by Gasteiger charge is 2.63. The molecule has 0 saturated heterocycles. The molecule has 96 valence electrons. The topological polar surface area (TPSA) is 20.2 Å². The molecule has 2 heteroatoms. The molecule has 7 saturated carbocycles. The number of rotatable bonds is 0. The van der Waals surface area contributed by atoms with Crippen LogP contribution in [0.2, 0.25) is 0 Å². The van der Waals surface area contributed by atoms with Crippen molar-refractivity contribution >= 4 is 11.6 Å². The molecule has 0 aromatic rings. The SMILES string of the molecule is C1C2CC3C4CC5CC(C14)C(C2)C3C5.OCCl. The van der Waals surface area contributed by atoms with Gasteiger partial charge in [0.2, 0.25) is 0 Å². The average Bonchev–Trinajstić information content (AvgIpc) is 2.36. The number of alkyl halides is 1. The number of hydrogen-bond donors (Lipinski definition) is 1. The maximum atomic E-state index is 7.33. The first-order valence-corrected chi connectivity index (χ1v) is 8.02. The third-order valence-corrected chi connectivity index (χ3v) is 6.93. The lowest BCUT2D eigenvalue weighted by atomic mass is 9.36. The summed E-state index contributed by atoms with van der Waals surface area (Å²) >= 11 is 4.55. The zero-order valence-corrected chi connectivity index (χ0v) is 11.1. The van der Waals surface area contributed by atoms with Crippen molar-refractivity contribution in [3.63, 3.8) is 0 Å². The van der Waals surface area contributed by atoms with E-state index < -0.39 is 0 Å². The van der Waals surface area contributed by atoms with Gasteiger partial charge in [-0.1, -0.05) is 11.6 Å². The van der Waals surface area contributed by atoms with Gasteiger partial charge in [-0.2, -0.15) is 0 Å². The van der Waals surface area contributed by atoms with E-state index in [1.807, 2.05) is 0 Å². The molecule has 0 aliphatic heterocycles. The Morgan fingerprint density at radius 1 is 0.647 bits per heavy atom. The third kappa shape index (κ3) is 1.42. The Morgan fingerprint density at radius 2 is 0.824 bits per heavy atom. The van der Waals surface area contributed by atoms with Crippen LogP contribution in [0.1, 0.15) is 38.5 Å². The van der Waals surface area contributed by atoms with E-state index in [4.69, 9.17) is 5.11 Å². The van der Waals surface area contributed by atoms with E-state index >= 15 is 0 Å². The third-order valence-electron chi connectivity index (χ3n) is 6.93. The van der Waals surface area contributed by atoms with Crippen LogP contribution in [0.4, 0.5) is 0 Å². The summed E-state index contributed by atoms with van der Waals surface area (Å²) in [6.45, 7) is 0. The highest BCUT2D eigenvalue weighted by Crippen LogP contribution is 2.71. The minimum absolute atomic E-state index is 0.278. The smallest absolute Gasteiger partial charge is 0.117 e. The van der Waals surface area contributed by atoms with Crippen LogP contribution in [0.15, 0.2) is 0 Å². The van der Waals surface area contributed by atoms with Crippen molar-refractivity contribution in [3.8, 4) is 0 Å². The van der Waals surface area contributed by atoms with Gasteiger partial charge in [0.25, 0.3) is 0 Å². The van der Waals surface area contributed by atoms with E-state index in [-0.39, 0.29) is 6.07 Å². The van der Waals surface area contributed by atoms with Crippen LogP contribution in [0.25, 0.3) is 0 Å². The Labute approximate surface area is 109 Å². The molecule has 0 radical (unpaired) electrons. The monoisotopic (exact) mass is 254 g/mol. The second-order valence-electron chi connectivity index (χ2n) is 7.25. The van der Waals surface area contributed by atoms with E-state index in [0.717, 1.165) is 0 Å². The van der Waals surface area contributed by atoms with Crippen LogP contribution in [0, 0.1) is 47.3 Å². The predicted octanol–water partition coefficient (Wildman–Crippen LogP) is 3.50. The summed E-state index contributed by atoms with van der Waals surface area (Å²) in [6.07, 6.45) is 9.93. The zero-order chi connectivity index (χ0) is 11.6. The van der Waals surface area contributed by atoms with Crippen molar-refractivity contribution < 1.29 is 5.11 Å². The predicted molar refractivity (Wildman–Crippen MR) is 68.6 cm³/mol. The molecule has 0 amide bonds. The Morgan fingerprint density at radius 3 is 1.00 bits per heavy atom. The minimum atomic E-state index is -0.278. The lowest BCUT2D eigenvalue weighted by Crippen LogP contribution is -2.62. The van der Waals surface area contributed by atoms with Crippen molar-refractivity contribution in [3.05, 3.63) is 0 Å². The summed E-state index contributed by atoms with van der Waals surface area (Å²) in [5.41, 5.74) is 0. The van der Waals surface area contributed by atoms with Gasteiger partial charge in [0.05, 0.1) is 0 Å². The van der Waals surface area contributed by atoms with Crippen LogP contribution >= 0.6 is 11.6 Å². The lowest BCUT2D eigenvalue weighted by molar-refractivity contribution is -0.202. The van der Waals surface area contributed by atoms with Gasteiger partial charge in [0.1, 0.15) is 6.07 Å². The first kappa shape index (κ1) is 11.1. The molecule has 0 spiro atoms. The molecule has 0 aromatic heterocycles. The number of aliphatic hydroxyl groups excluding tert-OH is 1. The first-order valence-electron chi connectivity index (χ1n) is 7.48. The molecule has 0 aromatic carbocycles. The Balaban J connectivity index is 0.000000246. The summed E-state index contributed by atoms with van der Waals surface area (Å²) in [5, 5.41) is 7.33. The number of hydrogen-bond acceptors (Lipinski definition) is 1. The maximum Gasteiger partial charge on any atom is 0.117 e. The van der Waals surface area contributed by atoms with Gasteiger partial charge in [-0.15, -0.1) is 0 Å². The van der Waals surface area contributed by atoms with Crippen LogP contribution in [-0.4, -0.2) is 11.2 Å². The van der Waals surface area contributed by atoms with Crippen LogP contribution in [0.5, 0.6) is 0 Å². The lowest BCUT2D eigenvalue weighted by Gasteiger charge is -2.69. The Kier molecular flexibility index (Phi) is 2.53. The normalized spacial score (nSPS) is 60.4. The van der Waals surface area contributed by atoms with Crippen LogP contribution in [0.3, 0.4) is 0 Å². The molecular formula is C15H23ClO. The Bertz CT molecular complexity index is 228. The summed E-state index contributed by atoms with van der Waals surface area (Å²) in [6, 6.07) is -0.278. The molecule has 7 rings (SSSR count). The fourth-order valence-electron chi connectivity index (χ4n) is 6.89. The summed E-state index contributed by atoms with van der Waals surface area (Å²) in [7, 11) is 0. The largest absolute Gasteiger partial charge is 0.381 e. The fraction of sp³-hybridized carbons (Fsp3) is 1.00. The van der Waals surface area contributed by atoms with Gasteiger partial charge in [0, 0.05) is 0 Å². The van der Waals surface area contributed by atoms with E-state index in [1.54, 1.807) is 38.5 Å². The van der Waals surface area contributed by atoms with Gasteiger partial charge in [-0.05, 0) is 85.9 Å². The van der Waals surface area contributed by atoms with Gasteiger partial charge >= 0.3 is 0 Å². The molecule has 0 unspecified atom stereocenters. The molecular weight excluding hydrogens is 232 g/mol. The van der Waals surface area contributed by atoms with E-state index in [2.05, 4.69) is 11.6 Å². The van der Waals surface area contributed by atoms with Crippen molar-refractivity contribution in [1.29, 1.82) is 0 Å². The van der Waals surface area contributed by atoms with E-state index in [1.165, 1.54) is 47.3 Å². The minimum Gasteiger partial charge on any atom is -0.381 e. The quantitative estimate of drug-likeness (QED) is 0.656. The van der Waals surface area contributed by atoms with E-state index in [9.17, 15) is 0 Å². The van der Waals surface area contributed by atoms with Crippen molar-refractivity contribution in [2.75, 3.05) is 6.07 Å². The molecule has 17 heavy (non-hydrogen) atoms. The Hall–Kier alpha value is 0.250. The van der Waals surface area contributed by atoms with Crippen LogP contribution in [-0.2, 0) is 0 Å². The summed E-state index contributed by atoms with van der Waals surface area (Å²) < 4.78 is 0. The second-order valence-corrected chi connectivity index (χ2v) is 7.49. The van der Waals surface area contributed by atoms with Crippen molar-refractivity contribution in [1.82, 2.24) is 0 Å². The standard InChI is InChI=1S/C14H20.CH3ClO/c1-7-2-12-10-4-8-5-11(9(1)10)13(3-7)14(12)6-8;2-1-3/h7-14H,1-6H2;3H,1H2. The number of aliphatic hydroxyl groups is 1. The van der Waals surface area contributed by atoms with Gasteiger partial charge in [-0.3, -0.25) is 0 Å². The van der Waals surface area contributed by atoms with Crippen molar-refractivity contribution in [2.45, 2.75) is 38.5 Å². The maximum absolute atomic E-state index is 7.33. The fourth-order valence-corrected chi connectivity index (χ4v) is 6.89. The highest BCUT2D eigenvalue weighted by atomic mass is 35.5. The second kappa shape index (κ2) is 3.87. The molecule has 7 fully saturated rings. The van der Waals surface area contributed by atoms with Gasteiger partial charge in [0.15, 0.2) is 0 Å². The molecule has 7 aliphatic carbocycles. The summed E-state index contributed by atoms with van der Waals surface area (Å²) in [4.78, 5) is 0. The van der Waals surface area contributed by atoms with Crippen molar-refractivity contribution in [2.24, 2.45) is 47.3 Å². The van der Waals surface area contributed by atoms with Gasteiger partial charge in [-0.25, -0.2) is 0 Å². The van der Waals surface area contributed by atoms with Crippen LogP contribution < -0.4 is 0 Å². The van der Waals surface area contributed by atoms with E-state index in [0.29, 0.717) is 0 Å². The molecule has 0 atom stereocenters.